The fraction of sp³-hybridized carbons (Fsp3) is 0.273. The van der Waals surface area contributed by atoms with Gasteiger partial charge in [0.2, 0.25) is 0 Å². The Labute approximate surface area is 96.6 Å². The third-order valence-corrected chi connectivity index (χ3v) is 2.52. The lowest BCUT2D eigenvalue weighted by Crippen LogP contribution is -2.06. The van der Waals surface area contributed by atoms with Gasteiger partial charge in [0.15, 0.2) is 12.1 Å². The summed E-state index contributed by atoms with van der Waals surface area (Å²) in [5.74, 6) is 0.249. The van der Waals surface area contributed by atoms with Crippen LogP contribution in [0, 0.1) is 6.92 Å². The molecule has 0 aliphatic carbocycles. The van der Waals surface area contributed by atoms with Crippen LogP contribution in [0.3, 0.4) is 0 Å². The van der Waals surface area contributed by atoms with E-state index in [4.69, 9.17) is 4.74 Å². The molecule has 4 heteroatoms. The topological polar surface area (TPSA) is 43.4 Å². The summed E-state index contributed by atoms with van der Waals surface area (Å²) in [6.45, 7) is 1.83. The summed E-state index contributed by atoms with van der Waals surface area (Å²) >= 11 is 3.09. The molecule has 0 saturated carbocycles. The number of hydrogen-bond donors (Lipinski definition) is 0. The van der Waals surface area contributed by atoms with Gasteiger partial charge in [0.25, 0.3) is 0 Å². The lowest BCUT2D eigenvalue weighted by Gasteiger charge is -2.10. The number of halogens is 1. The molecule has 0 aliphatic heterocycles. The van der Waals surface area contributed by atoms with Gasteiger partial charge >= 0.3 is 0 Å². The van der Waals surface area contributed by atoms with Crippen LogP contribution in [0.2, 0.25) is 0 Å². The second kappa shape index (κ2) is 5.07. The Balaban J connectivity index is 3.41. The van der Waals surface area contributed by atoms with E-state index in [0.29, 0.717) is 23.2 Å². The number of benzene rings is 1. The first-order valence-electron chi connectivity index (χ1n) is 4.37. The number of alkyl halides is 1. The fourth-order valence-electron chi connectivity index (χ4n) is 1.40. The molecule has 0 aromatic heterocycles. The van der Waals surface area contributed by atoms with Crippen molar-refractivity contribution >= 4 is 28.0 Å². The highest BCUT2D eigenvalue weighted by Crippen LogP contribution is 2.25. The van der Waals surface area contributed by atoms with Crippen LogP contribution in [0.1, 0.15) is 26.3 Å². The largest absolute Gasteiger partial charge is 0.495 e. The number of ketones is 1. The molecule has 0 heterocycles. The van der Waals surface area contributed by atoms with Crippen molar-refractivity contribution in [3.63, 3.8) is 0 Å². The molecule has 0 fully saturated rings. The van der Waals surface area contributed by atoms with E-state index in [1.165, 1.54) is 7.11 Å². The van der Waals surface area contributed by atoms with Gasteiger partial charge in [-0.15, -0.1) is 0 Å². The van der Waals surface area contributed by atoms with E-state index >= 15 is 0 Å². The van der Waals surface area contributed by atoms with Crippen LogP contribution < -0.4 is 4.74 Å². The number of carbonyl (C=O) groups excluding carboxylic acids is 2. The Kier molecular flexibility index (Phi) is 4.03. The number of ether oxygens (including phenoxy) is 1. The number of aldehydes is 1. The van der Waals surface area contributed by atoms with Crippen molar-refractivity contribution in [3.05, 3.63) is 28.8 Å². The Morgan fingerprint density at radius 2 is 2.20 bits per heavy atom. The summed E-state index contributed by atoms with van der Waals surface area (Å²) in [5.41, 5.74) is 1.71. The highest BCUT2D eigenvalue weighted by atomic mass is 79.9. The van der Waals surface area contributed by atoms with Gasteiger partial charge in [-0.3, -0.25) is 9.59 Å². The maximum absolute atomic E-state index is 11.6. The monoisotopic (exact) mass is 270 g/mol. The minimum atomic E-state index is -0.0985. The number of aryl methyl sites for hydroxylation is 1. The molecule has 0 saturated heterocycles. The Bertz CT molecular complexity index is 399. The number of carbonyl (C=O) groups is 2. The molecule has 15 heavy (non-hydrogen) atoms. The van der Waals surface area contributed by atoms with Crippen LogP contribution in [-0.4, -0.2) is 24.5 Å². The quantitative estimate of drug-likeness (QED) is 0.479. The summed E-state index contributed by atoms with van der Waals surface area (Å²) in [4.78, 5) is 22.4. The smallest absolute Gasteiger partial charge is 0.177 e. The standard InChI is InChI=1S/C11H11BrO3/c1-7-3-8(6-13)11(15-2)9(4-7)10(14)5-12/h3-4,6H,5H2,1-2H3. The number of methoxy groups -OCH3 is 1. The zero-order chi connectivity index (χ0) is 11.4. The number of rotatable bonds is 4. The van der Waals surface area contributed by atoms with Crippen molar-refractivity contribution in [1.82, 2.24) is 0 Å². The Morgan fingerprint density at radius 3 is 2.67 bits per heavy atom. The van der Waals surface area contributed by atoms with E-state index in [1.54, 1.807) is 12.1 Å². The van der Waals surface area contributed by atoms with Crippen LogP contribution in [0.5, 0.6) is 5.75 Å². The van der Waals surface area contributed by atoms with Crippen LogP contribution in [0.4, 0.5) is 0 Å². The Hall–Kier alpha value is -1.16. The van der Waals surface area contributed by atoms with Crippen molar-refractivity contribution in [2.45, 2.75) is 6.92 Å². The molecule has 3 nitrogen and oxygen atoms in total. The highest BCUT2D eigenvalue weighted by Gasteiger charge is 2.15. The van der Waals surface area contributed by atoms with Gasteiger partial charge in [0.1, 0.15) is 5.75 Å². The SMILES string of the molecule is COc1c(C=O)cc(C)cc1C(=O)CBr. The van der Waals surface area contributed by atoms with Gasteiger partial charge in [-0.1, -0.05) is 15.9 Å². The molecule has 0 radical (unpaired) electrons. The molecule has 1 rings (SSSR count). The van der Waals surface area contributed by atoms with Crippen LogP contribution in [0.15, 0.2) is 12.1 Å². The summed E-state index contributed by atoms with van der Waals surface area (Å²) in [7, 11) is 1.45. The molecule has 1 aromatic carbocycles. The van der Waals surface area contributed by atoms with Crippen molar-refractivity contribution in [1.29, 1.82) is 0 Å². The zero-order valence-corrected chi connectivity index (χ0v) is 10.1. The van der Waals surface area contributed by atoms with Crippen molar-refractivity contribution < 1.29 is 14.3 Å². The zero-order valence-electron chi connectivity index (χ0n) is 8.54. The summed E-state index contributed by atoms with van der Waals surface area (Å²) < 4.78 is 5.07. The first kappa shape index (κ1) is 11.9. The van der Waals surface area contributed by atoms with Crippen molar-refractivity contribution in [3.8, 4) is 5.75 Å². The van der Waals surface area contributed by atoms with Gasteiger partial charge in [0.05, 0.1) is 23.6 Å². The summed E-state index contributed by atoms with van der Waals surface area (Å²) in [5, 5.41) is 0.213. The van der Waals surface area contributed by atoms with E-state index in [0.717, 1.165) is 5.56 Å². The van der Waals surface area contributed by atoms with E-state index in [9.17, 15) is 9.59 Å². The Morgan fingerprint density at radius 1 is 1.53 bits per heavy atom. The summed E-state index contributed by atoms with van der Waals surface area (Å²) in [6, 6.07) is 3.41. The average molecular weight is 271 g/mol. The van der Waals surface area contributed by atoms with E-state index in [2.05, 4.69) is 15.9 Å². The van der Waals surface area contributed by atoms with Crippen molar-refractivity contribution in [2.24, 2.45) is 0 Å². The molecule has 0 aliphatic rings. The molecule has 0 atom stereocenters. The van der Waals surface area contributed by atoms with Gasteiger partial charge in [0, 0.05) is 0 Å². The predicted octanol–water partition coefficient (Wildman–Crippen LogP) is 2.39. The molecule has 0 spiro atoms. The van der Waals surface area contributed by atoms with Gasteiger partial charge in [-0.2, -0.15) is 0 Å². The molecule has 80 valence electrons. The molecule has 0 N–H and O–H groups in total. The van der Waals surface area contributed by atoms with Gasteiger partial charge in [-0.05, 0) is 24.6 Å². The molecule has 1 aromatic rings. The fourth-order valence-corrected chi connectivity index (χ4v) is 1.70. The third kappa shape index (κ3) is 2.45. The number of hydrogen-bond acceptors (Lipinski definition) is 3. The lowest BCUT2D eigenvalue weighted by atomic mass is 10.0. The minimum Gasteiger partial charge on any atom is -0.495 e. The second-order valence-corrected chi connectivity index (χ2v) is 3.67. The average Bonchev–Trinajstić information content (AvgIpc) is 2.26. The summed E-state index contributed by atoms with van der Waals surface area (Å²) in [6.07, 6.45) is 0.691. The van der Waals surface area contributed by atoms with Crippen LogP contribution in [0.25, 0.3) is 0 Å². The molecule has 0 unspecified atom stereocenters. The second-order valence-electron chi connectivity index (χ2n) is 3.11. The lowest BCUT2D eigenvalue weighted by molar-refractivity contribution is 0.102. The molecule has 0 amide bonds. The van der Waals surface area contributed by atoms with Gasteiger partial charge < -0.3 is 4.74 Å². The van der Waals surface area contributed by atoms with E-state index < -0.39 is 0 Å². The maximum atomic E-state index is 11.6. The van der Waals surface area contributed by atoms with Crippen LogP contribution >= 0.6 is 15.9 Å². The molecular weight excluding hydrogens is 260 g/mol. The highest BCUT2D eigenvalue weighted by molar-refractivity contribution is 9.09. The van der Waals surface area contributed by atoms with Crippen molar-refractivity contribution in [2.75, 3.05) is 12.4 Å². The molecular formula is C11H11BrO3. The minimum absolute atomic E-state index is 0.0985. The predicted molar refractivity (Wildman–Crippen MR) is 61.2 cm³/mol. The van der Waals surface area contributed by atoms with E-state index in [1.807, 2.05) is 6.92 Å². The first-order valence-corrected chi connectivity index (χ1v) is 5.49. The normalized spacial score (nSPS) is 9.80. The van der Waals surface area contributed by atoms with Gasteiger partial charge in [-0.25, -0.2) is 0 Å². The first-order chi connectivity index (χ1) is 7.13. The van der Waals surface area contributed by atoms with E-state index in [-0.39, 0.29) is 11.1 Å². The third-order valence-electron chi connectivity index (χ3n) is 2.01. The number of Topliss-reactive ketones (excluding diaryl/α,β-unsaturated/α-hetero) is 1. The van der Waals surface area contributed by atoms with Crippen LogP contribution in [-0.2, 0) is 0 Å². The molecule has 0 bridgehead atoms. The maximum Gasteiger partial charge on any atom is 0.177 e.